The van der Waals surface area contributed by atoms with Gasteiger partial charge in [-0.2, -0.15) is 0 Å². The Kier molecular flexibility index (Phi) is 6.77. The number of carbonyl (C=O) groups is 3. The SMILES string of the molecule is CN(C)C(=O)c1ccc(NC(=O)COc2ccc(C(=O)c3ccc(F)cc3)cc2)cc1. The Balaban J connectivity index is 1.53. The summed E-state index contributed by atoms with van der Waals surface area (Å²) in [7, 11) is 3.33. The smallest absolute Gasteiger partial charge is 0.262 e. The summed E-state index contributed by atoms with van der Waals surface area (Å²) >= 11 is 0. The monoisotopic (exact) mass is 420 g/mol. The van der Waals surface area contributed by atoms with Crippen molar-refractivity contribution < 1.29 is 23.5 Å². The molecule has 6 nitrogen and oxygen atoms in total. The van der Waals surface area contributed by atoms with E-state index >= 15 is 0 Å². The number of rotatable bonds is 7. The predicted molar refractivity (Wildman–Crippen MR) is 115 cm³/mol. The third kappa shape index (κ3) is 5.76. The second-order valence-corrected chi connectivity index (χ2v) is 6.97. The van der Waals surface area contributed by atoms with Crippen LogP contribution in [0.5, 0.6) is 5.75 Å². The quantitative estimate of drug-likeness (QED) is 0.591. The molecular formula is C24H21FN2O4. The minimum atomic E-state index is -0.406. The molecule has 3 aromatic carbocycles. The fraction of sp³-hybridized carbons (Fsp3) is 0.125. The van der Waals surface area contributed by atoms with E-state index in [2.05, 4.69) is 5.32 Å². The Bertz CT molecular complexity index is 1080. The van der Waals surface area contributed by atoms with Gasteiger partial charge in [-0.25, -0.2) is 4.39 Å². The first kappa shape index (κ1) is 21.7. The van der Waals surface area contributed by atoms with Crippen molar-refractivity contribution in [2.45, 2.75) is 0 Å². The van der Waals surface area contributed by atoms with Crippen molar-refractivity contribution in [1.82, 2.24) is 4.90 Å². The molecule has 0 aromatic heterocycles. The van der Waals surface area contributed by atoms with Crippen LogP contribution in [0, 0.1) is 5.82 Å². The molecule has 0 heterocycles. The summed E-state index contributed by atoms with van der Waals surface area (Å²) in [5.41, 5.74) is 1.88. The standard InChI is InChI=1S/C24H21FN2O4/c1-27(2)24(30)18-5-11-20(12-6-18)26-22(28)15-31-21-13-7-17(8-14-21)23(29)16-3-9-19(25)10-4-16/h3-14H,15H2,1-2H3,(H,26,28). The summed E-state index contributed by atoms with van der Waals surface area (Å²) in [6.07, 6.45) is 0. The van der Waals surface area contributed by atoms with Gasteiger partial charge in [0.2, 0.25) is 0 Å². The van der Waals surface area contributed by atoms with E-state index in [1.54, 1.807) is 62.6 Å². The van der Waals surface area contributed by atoms with Gasteiger partial charge >= 0.3 is 0 Å². The number of hydrogen-bond acceptors (Lipinski definition) is 4. The van der Waals surface area contributed by atoms with Crippen molar-refractivity contribution in [2.24, 2.45) is 0 Å². The zero-order valence-electron chi connectivity index (χ0n) is 17.1. The number of ketones is 1. The maximum atomic E-state index is 13.0. The first-order valence-electron chi connectivity index (χ1n) is 9.48. The van der Waals surface area contributed by atoms with Crippen LogP contribution in [0.2, 0.25) is 0 Å². The molecule has 158 valence electrons. The Labute approximate surface area is 179 Å². The van der Waals surface area contributed by atoms with Gasteiger partial charge in [0.1, 0.15) is 11.6 Å². The molecule has 0 aliphatic carbocycles. The van der Waals surface area contributed by atoms with E-state index in [-0.39, 0.29) is 24.2 Å². The zero-order chi connectivity index (χ0) is 22.4. The van der Waals surface area contributed by atoms with Gasteiger partial charge < -0.3 is 15.0 Å². The molecule has 0 fully saturated rings. The van der Waals surface area contributed by atoms with Crippen molar-refractivity contribution in [2.75, 3.05) is 26.0 Å². The van der Waals surface area contributed by atoms with Gasteiger partial charge in [-0.15, -0.1) is 0 Å². The number of amides is 2. The van der Waals surface area contributed by atoms with Crippen LogP contribution in [-0.2, 0) is 4.79 Å². The highest BCUT2D eigenvalue weighted by Gasteiger charge is 2.11. The van der Waals surface area contributed by atoms with Crippen molar-refractivity contribution in [3.05, 3.63) is 95.3 Å². The second-order valence-electron chi connectivity index (χ2n) is 6.97. The number of ether oxygens (including phenoxy) is 1. The first-order chi connectivity index (χ1) is 14.8. The van der Waals surface area contributed by atoms with Crippen LogP contribution in [0.25, 0.3) is 0 Å². The molecule has 0 unspecified atom stereocenters. The lowest BCUT2D eigenvalue weighted by Gasteiger charge is -2.11. The maximum absolute atomic E-state index is 13.0. The molecule has 31 heavy (non-hydrogen) atoms. The predicted octanol–water partition coefficient (Wildman–Crippen LogP) is 3.78. The van der Waals surface area contributed by atoms with Gasteiger partial charge in [-0.1, -0.05) is 0 Å². The van der Waals surface area contributed by atoms with Gasteiger partial charge in [0.15, 0.2) is 12.4 Å². The first-order valence-corrected chi connectivity index (χ1v) is 9.48. The average Bonchev–Trinajstić information content (AvgIpc) is 2.78. The van der Waals surface area contributed by atoms with E-state index < -0.39 is 5.82 Å². The number of carbonyl (C=O) groups excluding carboxylic acids is 3. The molecule has 0 aliphatic rings. The fourth-order valence-corrected chi connectivity index (χ4v) is 2.77. The zero-order valence-corrected chi connectivity index (χ0v) is 17.1. The molecule has 0 atom stereocenters. The van der Waals surface area contributed by atoms with E-state index in [4.69, 9.17) is 4.74 Å². The van der Waals surface area contributed by atoms with Crippen LogP contribution in [0.1, 0.15) is 26.3 Å². The molecule has 7 heteroatoms. The van der Waals surface area contributed by atoms with Crippen LogP contribution < -0.4 is 10.1 Å². The summed E-state index contributed by atoms with van der Waals surface area (Å²) in [6, 6.07) is 18.2. The van der Waals surface area contributed by atoms with Crippen LogP contribution in [-0.4, -0.2) is 43.2 Å². The third-order valence-corrected chi connectivity index (χ3v) is 4.41. The van der Waals surface area contributed by atoms with E-state index in [0.29, 0.717) is 28.1 Å². The topological polar surface area (TPSA) is 75.7 Å². The number of nitrogens with zero attached hydrogens (tertiary/aromatic N) is 1. The lowest BCUT2D eigenvalue weighted by atomic mass is 10.0. The number of anilines is 1. The minimum Gasteiger partial charge on any atom is -0.484 e. The van der Waals surface area contributed by atoms with Gasteiger partial charge in [-0.05, 0) is 72.8 Å². The van der Waals surface area contributed by atoms with Crippen LogP contribution in [0.4, 0.5) is 10.1 Å². The lowest BCUT2D eigenvalue weighted by molar-refractivity contribution is -0.118. The molecular weight excluding hydrogens is 399 g/mol. The van der Waals surface area contributed by atoms with Gasteiger partial charge in [-0.3, -0.25) is 14.4 Å². The van der Waals surface area contributed by atoms with Crippen molar-refractivity contribution in [3.63, 3.8) is 0 Å². The average molecular weight is 420 g/mol. The van der Waals surface area contributed by atoms with Gasteiger partial charge in [0.25, 0.3) is 11.8 Å². The van der Waals surface area contributed by atoms with E-state index in [0.717, 1.165) is 0 Å². The maximum Gasteiger partial charge on any atom is 0.262 e. The highest BCUT2D eigenvalue weighted by molar-refractivity contribution is 6.09. The Morgan fingerprint density at radius 3 is 1.87 bits per heavy atom. The summed E-state index contributed by atoms with van der Waals surface area (Å²) in [5.74, 6) is -0.699. The summed E-state index contributed by atoms with van der Waals surface area (Å²) in [5, 5.41) is 2.69. The molecule has 0 spiro atoms. The number of nitrogens with one attached hydrogen (secondary N) is 1. The van der Waals surface area contributed by atoms with Crippen molar-refractivity contribution >= 4 is 23.3 Å². The number of halogens is 1. The normalized spacial score (nSPS) is 10.3. The molecule has 0 saturated heterocycles. The Morgan fingerprint density at radius 2 is 1.32 bits per heavy atom. The third-order valence-electron chi connectivity index (χ3n) is 4.41. The largest absolute Gasteiger partial charge is 0.484 e. The van der Waals surface area contributed by atoms with E-state index in [1.165, 1.54) is 29.2 Å². The molecule has 1 N–H and O–H groups in total. The molecule has 0 bridgehead atoms. The summed E-state index contributed by atoms with van der Waals surface area (Å²) < 4.78 is 18.5. The molecule has 0 aliphatic heterocycles. The molecule has 0 saturated carbocycles. The van der Waals surface area contributed by atoms with Crippen molar-refractivity contribution in [1.29, 1.82) is 0 Å². The Hall–Kier alpha value is -4.00. The molecule has 2 amide bonds. The number of benzene rings is 3. The number of hydrogen-bond donors (Lipinski definition) is 1. The summed E-state index contributed by atoms with van der Waals surface area (Å²) in [6.45, 7) is -0.219. The lowest BCUT2D eigenvalue weighted by Crippen LogP contribution is -2.22. The fourth-order valence-electron chi connectivity index (χ4n) is 2.77. The van der Waals surface area contributed by atoms with E-state index in [9.17, 15) is 18.8 Å². The second kappa shape index (κ2) is 9.67. The van der Waals surface area contributed by atoms with Gasteiger partial charge in [0.05, 0.1) is 0 Å². The van der Waals surface area contributed by atoms with Gasteiger partial charge in [0, 0.05) is 36.5 Å². The minimum absolute atomic E-state index is 0.123. The summed E-state index contributed by atoms with van der Waals surface area (Å²) in [4.78, 5) is 37.8. The highest BCUT2D eigenvalue weighted by atomic mass is 19.1. The van der Waals surface area contributed by atoms with Crippen LogP contribution in [0.3, 0.4) is 0 Å². The molecule has 3 aromatic rings. The Morgan fingerprint density at radius 1 is 0.806 bits per heavy atom. The highest BCUT2D eigenvalue weighted by Crippen LogP contribution is 2.16. The van der Waals surface area contributed by atoms with Crippen LogP contribution >= 0.6 is 0 Å². The van der Waals surface area contributed by atoms with Crippen LogP contribution in [0.15, 0.2) is 72.8 Å². The van der Waals surface area contributed by atoms with Crippen molar-refractivity contribution in [3.8, 4) is 5.75 Å². The molecule has 0 radical (unpaired) electrons. The van der Waals surface area contributed by atoms with E-state index in [1.807, 2.05) is 0 Å². The molecule has 3 rings (SSSR count).